The minimum Gasteiger partial charge on any atom is -0.351 e. The first-order valence-corrected chi connectivity index (χ1v) is 10.9. The highest BCUT2D eigenvalue weighted by atomic mass is 35.5. The van der Waals surface area contributed by atoms with Crippen molar-refractivity contribution >= 4 is 17.5 Å². The zero-order chi connectivity index (χ0) is 19.4. The molecule has 0 heterocycles. The van der Waals surface area contributed by atoms with Crippen LogP contribution in [0.2, 0.25) is 5.02 Å². The number of aryl methyl sites for hydroxylation is 1. The van der Waals surface area contributed by atoms with Gasteiger partial charge in [-0.3, -0.25) is 4.79 Å². The molecule has 28 heavy (non-hydrogen) atoms. The quantitative estimate of drug-likeness (QED) is 0.686. The summed E-state index contributed by atoms with van der Waals surface area (Å²) in [5, 5.41) is 3.78. The average molecular weight is 394 g/mol. The van der Waals surface area contributed by atoms with Crippen molar-refractivity contribution in [3.63, 3.8) is 0 Å². The van der Waals surface area contributed by atoms with Gasteiger partial charge in [0.25, 0.3) is 5.91 Å². The number of halogens is 1. The lowest BCUT2D eigenvalue weighted by molar-refractivity contribution is -0.0697. The number of carbonyl (C=O) groups is 1. The van der Waals surface area contributed by atoms with E-state index in [1.165, 1.54) is 49.7 Å². The van der Waals surface area contributed by atoms with Gasteiger partial charge in [0.2, 0.25) is 0 Å². The number of benzene rings is 2. The van der Waals surface area contributed by atoms with Crippen molar-refractivity contribution in [2.75, 3.05) is 6.54 Å². The summed E-state index contributed by atoms with van der Waals surface area (Å²) in [6, 6.07) is 16.6. The van der Waals surface area contributed by atoms with Crippen LogP contribution in [0.5, 0.6) is 0 Å². The molecular weight excluding hydrogens is 366 g/mol. The molecule has 0 aliphatic heterocycles. The predicted molar refractivity (Wildman–Crippen MR) is 114 cm³/mol. The van der Waals surface area contributed by atoms with Crippen molar-refractivity contribution in [3.8, 4) is 0 Å². The smallest absolute Gasteiger partial charge is 0.252 e. The lowest BCUT2D eigenvalue weighted by Crippen LogP contribution is -2.57. The highest BCUT2D eigenvalue weighted by Crippen LogP contribution is 2.65. The third-order valence-electron chi connectivity index (χ3n) is 7.59. The van der Waals surface area contributed by atoms with Gasteiger partial charge in [0.15, 0.2) is 0 Å². The minimum atomic E-state index is -0.0364. The Labute approximate surface area is 172 Å². The van der Waals surface area contributed by atoms with Crippen molar-refractivity contribution < 1.29 is 4.79 Å². The maximum absolute atomic E-state index is 12.8. The molecule has 4 aliphatic carbocycles. The highest BCUT2D eigenvalue weighted by Gasteiger charge is 2.58. The highest BCUT2D eigenvalue weighted by molar-refractivity contribution is 6.33. The summed E-state index contributed by atoms with van der Waals surface area (Å²) < 4.78 is 0. The molecule has 4 fully saturated rings. The van der Waals surface area contributed by atoms with Gasteiger partial charge < -0.3 is 5.32 Å². The molecule has 4 bridgehead atoms. The fourth-order valence-corrected chi connectivity index (χ4v) is 7.13. The Morgan fingerprint density at radius 3 is 2.39 bits per heavy atom. The van der Waals surface area contributed by atoms with Gasteiger partial charge in [-0.1, -0.05) is 53.6 Å². The number of hydrogen-bond donors (Lipinski definition) is 1. The second-order valence-electron chi connectivity index (χ2n) is 9.77. The van der Waals surface area contributed by atoms with Gasteiger partial charge in [0.1, 0.15) is 0 Å². The third-order valence-corrected chi connectivity index (χ3v) is 7.92. The van der Waals surface area contributed by atoms with Gasteiger partial charge >= 0.3 is 0 Å². The molecule has 6 rings (SSSR count). The summed E-state index contributed by atoms with van der Waals surface area (Å²) in [5.74, 6) is 1.57. The Balaban J connectivity index is 1.38. The van der Waals surface area contributed by atoms with E-state index in [4.69, 9.17) is 11.6 Å². The van der Waals surface area contributed by atoms with Crippen LogP contribution < -0.4 is 5.32 Å². The van der Waals surface area contributed by atoms with Crippen molar-refractivity contribution in [1.29, 1.82) is 0 Å². The van der Waals surface area contributed by atoms with Gasteiger partial charge in [-0.2, -0.15) is 0 Å². The molecule has 2 unspecified atom stereocenters. The average Bonchev–Trinajstić information content (AvgIpc) is 2.66. The Morgan fingerprint density at radius 2 is 1.71 bits per heavy atom. The van der Waals surface area contributed by atoms with Crippen LogP contribution in [0.1, 0.15) is 60.0 Å². The van der Waals surface area contributed by atoms with Gasteiger partial charge in [0.05, 0.1) is 10.6 Å². The van der Waals surface area contributed by atoms with Crippen LogP contribution in [0.15, 0.2) is 48.5 Å². The van der Waals surface area contributed by atoms with E-state index in [9.17, 15) is 4.79 Å². The zero-order valence-electron chi connectivity index (χ0n) is 16.5. The van der Waals surface area contributed by atoms with Gasteiger partial charge in [0, 0.05) is 6.54 Å². The molecule has 0 spiro atoms. The summed E-state index contributed by atoms with van der Waals surface area (Å²) in [6.07, 6.45) is 7.77. The summed E-state index contributed by atoms with van der Waals surface area (Å²) in [5.41, 5.74) is 3.99. The van der Waals surface area contributed by atoms with E-state index in [2.05, 4.69) is 36.5 Å². The number of hydrogen-bond acceptors (Lipinski definition) is 1. The van der Waals surface area contributed by atoms with Crippen molar-refractivity contribution in [2.45, 2.75) is 50.9 Å². The van der Waals surface area contributed by atoms with Crippen LogP contribution in [0.4, 0.5) is 0 Å². The van der Waals surface area contributed by atoms with E-state index < -0.39 is 0 Å². The fraction of sp³-hybridized carbons (Fsp3) is 0.480. The molecular formula is C25H28ClNO. The Bertz CT molecular complexity index is 889. The maximum Gasteiger partial charge on any atom is 0.252 e. The van der Waals surface area contributed by atoms with Crippen LogP contribution in [-0.2, 0) is 5.41 Å². The predicted octanol–water partition coefficient (Wildman–Crippen LogP) is 5.92. The van der Waals surface area contributed by atoms with Crippen LogP contribution in [-0.4, -0.2) is 12.5 Å². The second-order valence-corrected chi connectivity index (χ2v) is 10.2. The van der Waals surface area contributed by atoms with Crippen LogP contribution in [0.3, 0.4) is 0 Å². The molecule has 3 heteroatoms. The third kappa shape index (κ3) is 3.06. The molecule has 0 radical (unpaired) electrons. The Morgan fingerprint density at radius 1 is 1.04 bits per heavy atom. The van der Waals surface area contributed by atoms with E-state index in [1.807, 2.05) is 18.2 Å². The van der Waals surface area contributed by atoms with Crippen molar-refractivity contribution in [1.82, 2.24) is 5.32 Å². The van der Waals surface area contributed by atoms with Crippen molar-refractivity contribution in [2.24, 2.45) is 17.3 Å². The normalized spacial score (nSPS) is 33.1. The Kier molecular flexibility index (Phi) is 4.32. The first-order valence-electron chi connectivity index (χ1n) is 10.6. The summed E-state index contributed by atoms with van der Waals surface area (Å²) in [4.78, 5) is 12.8. The van der Waals surface area contributed by atoms with E-state index in [0.717, 1.165) is 18.4 Å². The number of rotatable bonds is 4. The maximum atomic E-state index is 12.8. The largest absolute Gasteiger partial charge is 0.351 e. The standard InChI is InChI=1S/C25H28ClNO/c1-17-6-8-20(9-7-17)25-13-18-10-19(14-25)12-24(11-18,15-25)16-27-23(28)21-4-2-3-5-22(21)26/h2-9,18-19H,10-16H2,1H3,(H,27,28). The molecule has 1 N–H and O–H groups in total. The monoisotopic (exact) mass is 393 g/mol. The lowest BCUT2D eigenvalue weighted by atomic mass is 9.43. The molecule has 2 aromatic carbocycles. The summed E-state index contributed by atoms with van der Waals surface area (Å²) in [6.45, 7) is 2.94. The summed E-state index contributed by atoms with van der Waals surface area (Å²) >= 11 is 6.23. The molecule has 0 saturated heterocycles. The first kappa shape index (κ1) is 18.2. The number of nitrogens with one attached hydrogen (secondary N) is 1. The zero-order valence-corrected chi connectivity index (χ0v) is 17.3. The molecule has 4 saturated carbocycles. The molecule has 1 amide bonds. The van der Waals surface area contributed by atoms with E-state index >= 15 is 0 Å². The van der Waals surface area contributed by atoms with E-state index in [1.54, 1.807) is 6.07 Å². The molecule has 0 aromatic heterocycles. The SMILES string of the molecule is Cc1ccc(C23CC4CC(CC(CNC(=O)c5ccccc5Cl)(C4)C2)C3)cc1. The van der Waals surface area contributed by atoms with Gasteiger partial charge in [-0.15, -0.1) is 0 Å². The Hall–Kier alpha value is -1.80. The van der Waals surface area contributed by atoms with E-state index in [0.29, 0.717) is 16.0 Å². The fourth-order valence-electron chi connectivity index (χ4n) is 6.91. The first-order chi connectivity index (χ1) is 13.5. The van der Waals surface area contributed by atoms with Crippen LogP contribution >= 0.6 is 11.6 Å². The number of amides is 1. The second kappa shape index (κ2) is 6.62. The van der Waals surface area contributed by atoms with Crippen LogP contribution in [0.25, 0.3) is 0 Å². The molecule has 2 atom stereocenters. The van der Waals surface area contributed by atoms with Gasteiger partial charge in [-0.05, 0) is 85.8 Å². The van der Waals surface area contributed by atoms with Crippen molar-refractivity contribution in [3.05, 3.63) is 70.2 Å². The molecule has 2 nitrogen and oxygen atoms in total. The van der Waals surface area contributed by atoms with E-state index in [-0.39, 0.29) is 11.3 Å². The molecule has 4 aliphatic rings. The topological polar surface area (TPSA) is 29.1 Å². The molecule has 2 aromatic rings. The lowest BCUT2D eigenvalue weighted by Gasteiger charge is -2.62. The van der Waals surface area contributed by atoms with Crippen LogP contribution in [0, 0.1) is 24.2 Å². The minimum absolute atomic E-state index is 0.0364. The van der Waals surface area contributed by atoms with Gasteiger partial charge in [-0.25, -0.2) is 0 Å². The summed E-state index contributed by atoms with van der Waals surface area (Å²) in [7, 11) is 0. The number of carbonyl (C=O) groups excluding carboxylic acids is 1. The molecule has 146 valence electrons.